The Morgan fingerprint density at radius 1 is 1.57 bits per heavy atom. The third-order valence-electron chi connectivity index (χ3n) is 1.47. The molecule has 14 heavy (non-hydrogen) atoms. The zero-order valence-electron chi connectivity index (χ0n) is 7.34. The maximum atomic E-state index is 11.0. The zero-order valence-corrected chi connectivity index (χ0v) is 8.16. The molecule has 0 aliphatic heterocycles. The lowest BCUT2D eigenvalue weighted by molar-refractivity contribution is 0.584. The van der Waals surface area contributed by atoms with E-state index >= 15 is 0 Å². The largest absolute Gasteiger partial charge is 0.264 e. The number of nitrogens with zero attached hydrogens (tertiary/aromatic N) is 2. The first kappa shape index (κ1) is 10.6. The number of aromatic nitrogens is 1. The Kier molecular flexibility index (Phi) is 3.56. The Labute approximate surface area is 82.4 Å². The molecule has 1 heterocycles. The zero-order chi connectivity index (χ0) is 10.4. The summed E-state index contributed by atoms with van der Waals surface area (Å²) >= 11 is 0. The van der Waals surface area contributed by atoms with Crippen LogP contribution in [0.1, 0.15) is 5.56 Å². The van der Waals surface area contributed by atoms with Gasteiger partial charge >= 0.3 is 0 Å². The monoisotopic (exact) mass is 211 g/mol. The number of rotatable bonds is 4. The van der Waals surface area contributed by atoms with Gasteiger partial charge in [0.2, 0.25) is 10.0 Å². The van der Waals surface area contributed by atoms with Gasteiger partial charge in [-0.25, -0.2) is 13.1 Å². The molecule has 0 aliphatic carbocycles. The molecule has 74 valence electrons. The molecule has 0 atom stereocenters. The molecule has 1 aromatic rings. The number of pyridine rings is 1. The van der Waals surface area contributed by atoms with Gasteiger partial charge in [-0.15, -0.1) is 0 Å². The van der Waals surface area contributed by atoms with E-state index in [1.807, 2.05) is 0 Å². The van der Waals surface area contributed by atoms with Crippen molar-refractivity contribution in [1.82, 2.24) is 9.71 Å². The smallest absolute Gasteiger partial charge is 0.225 e. The maximum Gasteiger partial charge on any atom is 0.225 e. The minimum atomic E-state index is -3.47. The SMILES string of the molecule is N#CCS(=O)(=O)NCc1cccnc1. The fraction of sp³-hybridized carbons (Fsp3) is 0.250. The average molecular weight is 211 g/mol. The molecular weight excluding hydrogens is 202 g/mol. The molecule has 0 aliphatic rings. The van der Waals surface area contributed by atoms with Crippen LogP contribution < -0.4 is 4.72 Å². The molecule has 0 fully saturated rings. The van der Waals surface area contributed by atoms with Crippen LogP contribution in [0.2, 0.25) is 0 Å². The van der Waals surface area contributed by atoms with Gasteiger partial charge in [-0.05, 0) is 11.6 Å². The quantitative estimate of drug-likeness (QED) is 0.761. The first-order valence-electron chi connectivity index (χ1n) is 3.87. The molecule has 0 radical (unpaired) electrons. The van der Waals surface area contributed by atoms with Crippen molar-refractivity contribution in [3.8, 4) is 6.07 Å². The first-order chi connectivity index (χ1) is 6.64. The number of hydrogen-bond acceptors (Lipinski definition) is 4. The molecule has 0 saturated heterocycles. The Morgan fingerprint density at radius 2 is 2.36 bits per heavy atom. The van der Waals surface area contributed by atoms with Crippen LogP contribution in [0.15, 0.2) is 24.5 Å². The number of sulfonamides is 1. The normalized spacial score (nSPS) is 10.8. The molecule has 1 N–H and O–H groups in total. The lowest BCUT2D eigenvalue weighted by Gasteiger charge is -2.02. The van der Waals surface area contributed by atoms with Crippen LogP contribution in [0.3, 0.4) is 0 Å². The van der Waals surface area contributed by atoms with Gasteiger partial charge in [-0.3, -0.25) is 4.98 Å². The highest BCUT2D eigenvalue weighted by Crippen LogP contribution is 1.95. The summed E-state index contributed by atoms with van der Waals surface area (Å²) in [4.78, 5) is 3.83. The number of nitrogens with one attached hydrogen (secondary N) is 1. The van der Waals surface area contributed by atoms with E-state index in [4.69, 9.17) is 5.26 Å². The van der Waals surface area contributed by atoms with Crippen molar-refractivity contribution in [1.29, 1.82) is 5.26 Å². The van der Waals surface area contributed by atoms with E-state index in [9.17, 15) is 8.42 Å². The van der Waals surface area contributed by atoms with Crippen molar-refractivity contribution in [2.24, 2.45) is 0 Å². The van der Waals surface area contributed by atoms with Gasteiger partial charge in [-0.1, -0.05) is 6.07 Å². The highest BCUT2D eigenvalue weighted by molar-refractivity contribution is 7.89. The third-order valence-corrected chi connectivity index (χ3v) is 2.57. The van der Waals surface area contributed by atoms with Crippen LogP contribution in [-0.2, 0) is 16.6 Å². The minimum Gasteiger partial charge on any atom is -0.264 e. The number of nitriles is 1. The first-order valence-corrected chi connectivity index (χ1v) is 5.52. The summed E-state index contributed by atoms with van der Waals surface area (Å²) in [6.07, 6.45) is 3.17. The number of hydrogen-bond donors (Lipinski definition) is 1. The predicted octanol–water partition coefficient (Wildman–Crippen LogP) is 0.0246. The molecule has 0 saturated carbocycles. The maximum absolute atomic E-state index is 11.0. The molecule has 0 aromatic carbocycles. The van der Waals surface area contributed by atoms with Crippen molar-refractivity contribution in [3.63, 3.8) is 0 Å². The lowest BCUT2D eigenvalue weighted by atomic mass is 10.3. The second kappa shape index (κ2) is 4.69. The lowest BCUT2D eigenvalue weighted by Crippen LogP contribution is -2.25. The van der Waals surface area contributed by atoms with E-state index in [0.717, 1.165) is 5.56 Å². The molecule has 1 aromatic heterocycles. The Bertz CT molecular complexity index is 422. The highest BCUT2D eigenvalue weighted by atomic mass is 32.2. The van der Waals surface area contributed by atoms with Crippen LogP contribution in [0.4, 0.5) is 0 Å². The van der Waals surface area contributed by atoms with E-state index in [1.165, 1.54) is 0 Å². The van der Waals surface area contributed by atoms with Crippen molar-refractivity contribution in [2.75, 3.05) is 5.75 Å². The topological polar surface area (TPSA) is 82.8 Å². The summed E-state index contributed by atoms with van der Waals surface area (Å²) in [5.74, 6) is -0.521. The Hall–Kier alpha value is -1.45. The second-order valence-electron chi connectivity index (χ2n) is 2.60. The summed E-state index contributed by atoms with van der Waals surface area (Å²) in [6.45, 7) is 0.165. The van der Waals surface area contributed by atoms with Crippen molar-refractivity contribution >= 4 is 10.0 Å². The van der Waals surface area contributed by atoms with Crippen molar-refractivity contribution in [3.05, 3.63) is 30.1 Å². The van der Waals surface area contributed by atoms with Gasteiger partial charge in [0, 0.05) is 18.9 Å². The Balaban J connectivity index is 2.55. The van der Waals surface area contributed by atoms with E-state index < -0.39 is 15.8 Å². The molecule has 6 heteroatoms. The van der Waals surface area contributed by atoms with Gasteiger partial charge in [0.1, 0.15) is 0 Å². The van der Waals surface area contributed by atoms with Crippen LogP contribution in [0, 0.1) is 11.3 Å². The van der Waals surface area contributed by atoms with E-state index in [-0.39, 0.29) is 6.54 Å². The molecule has 0 unspecified atom stereocenters. The highest BCUT2D eigenvalue weighted by Gasteiger charge is 2.07. The summed E-state index contributed by atoms with van der Waals surface area (Å²) in [5.41, 5.74) is 0.758. The van der Waals surface area contributed by atoms with Gasteiger partial charge < -0.3 is 0 Å². The summed E-state index contributed by atoms with van der Waals surface area (Å²) in [5, 5.41) is 8.22. The second-order valence-corrected chi connectivity index (χ2v) is 4.41. The van der Waals surface area contributed by atoms with E-state index in [2.05, 4.69) is 9.71 Å². The minimum absolute atomic E-state index is 0.165. The summed E-state index contributed by atoms with van der Waals surface area (Å²) < 4.78 is 24.4. The molecule has 0 bridgehead atoms. The third kappa shape index (κ3) is 3.51. The van der Waals surface area contributed by atoms with Crippen LogP contribution in [0.25, 0.3) is 0 Å². The van der Waals surface area contributed by atoms with Gasteiger partial charge in [0.15, 0.2) is 5.75 Å². The van der Waals surface area contributed by atoms with Crippen molar-refractivity contribution < 1.29 is 8.42 Å². The molecule has 1 rings (SSSR count). The van der Waals surface area contributed by atoms with Gasteiger partial charge in [0.05, 0.1) is 6.07 Å². The summed E-state index contributed by atoms with van der Waals surface area (Å²) in [6, 6.07) is 5.05. The molecule has 5 nitrogen and oxygen atoms in total. The van der Waals surface area contributed by atoms with Crippen LogP contribution in [0.5, 0.6) is 0 Å². The molecular formula is C8H9N3O2S. The van der Waals surface area contributed by atoms with Gasteiger partial charge in [0.25, 0.3) is 0 Å². The fourth-order valence-electron chi connectivity index (χ4n) is 0.832. The van der Waals surface area contributed by atoms with Crippen LogP contribution >= 0.6 is 0 Å². The van der Waals surface area contributed by atoms with Crippen molar-refractivity contribution in [2.45, 2.75) is 6.54 Å². The summed E-state index contributed by atoms with van der Waals surface area (Å²) in [7, 11) is -3.47. The predicted molar refractivity (Wildman–Crippen MR) is 50.5 cm³/mol. The molecule has 0 amide bonds. The molecule has 0 spiro atoms. The van der Waals surface area contributed by atoms with Gasteiger partial charge in [-0.2, -0.15) is 5.26 Å². The Morgan fingerprint density at radius 3 is 2.93 bits per heavy atom. The van der Waals surface area contributed by atoms with E-state index in [1.54, 1.807) is 30.6 Å². The fourth-order valence-corrected chi connectivity index (χ4v) is 1.49. The average Bonchev–Trinajstić information content (AvgIpc) is 2.17. The van der Waals surface area contributed by atoms with E-state index in [0.29, 0.717) is 0 Å². The standard InChI is InChI=1S/C8H9N3O2S/c9-3-5-14(12,13)11-7-8-2-1-4-10-6-8/h1-2,4,6,11H,5,7H2. The van der Waals surface area contributed by atoms with Crippen LogP contribution in [-0.4, -0.2) is 19.2 Å².